The third-order valence-corrected chi connectivity index (χ3v) is 10.3. The molecular weight excluding hydrogens is 576 g/mol. The molecule has 5 heterocycles. The Bertz CT molecular complexity index is 1750. The molecule has 6 aliphatic rings. The molecule has 1 aliphatic carbocycles. The fraction of sp³-hybridized carbons (Fsp3) is 0.474. The summed E-state index contributed by atoms with van der Waals surface area (Å²) in [7, 11) is 0. The molecule has 1 saturated heterocycles. The number of carboxylic acids is 1. The van der Waals surface area contributed by atoms with Crippen molar-refractivity contribution in [3.8, 4) is 0 Å². The molecule has 0 spiro atoms. The predicted octanol–water partition coefficient (Wildman–Crippen LogP) is 8.12. The Balaban J connectivity index is 1.55. The van der Waals surface area contributed by atoms with Crippen molar-refractivity contribution in [1.29, 1.82) is 0 Å². The molecule has 0 aromatic heterocycles. The van der Waals surface area contributed by atoms with E-state index in [0.29, 0.717) is 25.2 Å². The number of rotatable bonds is 10. The SMILES string of the molecule is CCCCCOC(C)C1=C(C)C2=NC1=CC1=NC(=CC3=C(C)C4=C(O)CC(=C5NC(=C2)[C@@H](C)[C@@H]5CCC(=O)O)C4=N3)C(CC)=C1C. The highest BCUT2D eigenvalue weighted by atomic mass is 16.5. The first kappa shape index (κ1) is 31.9. The van der Waals surface area contributed by atoms with Crippen LogP contribution in [0.4, 0.5) is 0 Å². The predicted molar refractivity (Wildman–Crippen MR) is 184 cm³/mol. The minimum absolute atomic E-state index is 0.0220. The molecule has 8 heteroatoms. The number of fused-ring (bicyclic) bond motifs is 5. The lowest BCUT2D eigenvalue weighted by Crippen LogP contribution is -2.15. The number of ether oxygens (including phenoxy) is 1. The fourth-order valence-corrected chi connectivity index (χ4v) is 7.61. The highest BCUT2D eigenvalue weighted by molar-refractivity contribution is 6.21. The molecule has 0 amide bonds. The molecule has 8 nitrogen and oxygen atoms in total. The van der Waals surface area contributed by atoms with Crippen LogP contribution in [0.1, 0.15) is 93.4 Å². The third-order valence-electron chi connectivity index (χ3n) is 10.3. The molecule has 3 N–H and O–H groups in total. The minimum Gasteiger partial charge on any atom is -0.511 e. The van der Waals surface area contributed by atoms with Crippen LogP contribution in [0.15, 0.2) is 106 Å². The van der Waals surface area contributed by atoms with Crippen molar-refractivity contribution in [3.63, 3.8) is 0 Å². The van der Waals surface area contributed by atoms with Crippen LogP contribution < -0.4 is 5.32 Å². The van der Waals surface area contributed by atoms with Crippen LogP contribution in [0.2, 0.25) is 0 Å². The van der Waals surface area contributed by atoms with Crippen LogP contribution in [-0.2, 0) is 9.53 Å². The highest BCUT2D eigenvalue weighted by Crippen LogP contribution is 2.46. The molecule has 5 aliphatic heterocycles. The maximum absolute atomic E-state index is 11.7. The summed E-state index contributed by atoms with van der Waals surface area (Å²) in [4.78, 5) is 27.1. The Morgan fingerprint density at radius 2 is 1.76 bits per heavy atom. The zero-order chi connectivity index (χ0) is 32.9. The smallest absolute Gasteiger partial charge is 0.303 e. The molecule has 242 valence electrons. The third kappa shape index (κ3) is 5.51. The van der Waals surface area contributed by atoms with Crippen LogP contribution in [-0.4, -0.2) is 46.0 Å². The zero-order valence-electron chi connectivity index (χ0n) is 28.2. The maximum Gasteiger partial charge on any atom is 0.303 e. The van der Waals surface area contributed by atoms with E-state index in [0.717, 1.165) is 105 Å². The van der Waals surface area contributed by atoms with Gasteiger partial charge in [-0.3, -0.25) is 4.79 Å². The van der Waals surface area contributed by atoms with Gasteiger partial charge in [0.25, 0.3) is 0 Å². The van der Waals surface area contributed by atoms with Crippen LogP contribution >= 0.6 is 0 Å². The van der Waals surface area contributed by atoms with Gasteiger partial charge in [0.1, 0.15) is 5.76 Å². The zero-order valence-corrected chi connectivity index (χ0v) is 28.2. The van der Waals surface area contributed by atoms with Gasteiger partial charge in [0.2, 0.25) is 0 Å². The van der Waals surface area contributed by atoms with Crippen molar-refractivity contribution in [2.45, 2.75) is 99.5 Å². The van der Waals surface area contributed by atoms with E-state index in [2.05, 4.69) is 59.0 Å². The second-order valence-corrected chi connectivity index (χ2v) is 13.2. The van der Waals surface area contributed by atoms with Crippen molar-refractivity contribution in [1.82, 2.24) is 5.32 Å². The maximum atomic E-state index is 11.7. The lowest BCUT2D eigenvalue weighted by atomic mass is 9.86. The summed E-state index contributed by atoms with van der Waals surface area (Å²) in [5.41, 5.74) is 14.1. The number of aliphatic hydroxyl groups excluding tert-OH is 1. The molecular formula is C38H46N4O4. The van der Waals surface area contributed by atoms with Gasteiger partial charge in [0, 0.05) is 59.4 Å². The number of hydrogen-bond donors (Lipinski definition) is 3. The number of nitrogens with one attached hydrogen (secondary N) is 1. The summed E-state index contributed by atoms with van der Waals surface area (Å²) < 4.78 is 6.38. The molecule has 0 aromatic carbocycles. The van der Waals surface area contributed by atoms with Gasteiger partial charge < -0.3 is 20.3 Å². The van der Waals surface area contributed by atoms with Gasteiger partial charge in [-0.2, -0.15) is 0 Å². The molecule has 0 aromatic rings. The minimum atomic E-state index is -0.817. The Morgan fingerprint density at radius 1 is 1.02 bits per heavy atom. The topological polar surface area (TPSA) is 116 Å². The first-order chi connectivity index (χ1) is 22.0. The Hall–Kier alpha value is -4.04. The highest BCUT2D eigenvalue weighted by Gasteiger charge is 2.41. The van der Waals surface area contributed by atoms with E-state index in [-0.39, 0.29) is 24.4 Å². The number of carbonyl (C=O) groups is 1. The van der Waals surface area contributed by atoms with Crippen molar-refractivity contribution in [2.75, 3.05) is 6.61 Å². The van der Waals surface area contributed by atoms with Gasteiger partial charge in [-0.1, -0.05) is 33.6 Å². The fourth-order valence-electron chi connectivity index (χ4n) is 7.61. The number of aliphatic hydroxyl groups is 1. The van der Waals surface area contributed by atoms with Crippen LogP contribution in [0.25, 0.3) is 0 Å². The number of aliphatic carboxylic acids is 1. The van der Waals surface area contributed by atoms with E-state index >= 15 is 0 Å². The second kappa shape index (κ2) is 12.6. The van der Waals surface area contributed by atoms with E-state index in [1.165, 1.54) is 5.57 Å². The monoisotopic (exact) mass is 622 g/mol. The quantitative estimate of drug-likeness (QED) is 0.213. The lowest BCUT2D eigenvalue weighted by molar-refractivity contribution is -0.137. The Labute approximate surface area is 272 Å². The molecule has 8 bridgehead atoms. The summed E-state index contributed by atoms with van der Waals surface area (Å²) in [6.45, 7) is 15.5. The largest absolute Gasteiger partial charge is 0.511 e. The Kier molecular flexibility index (Phi) is 8.77. The van der Waals surface area contributed by atoms with E-state index in [4.69, 9.17) is 19.7 Å². The summed E-state index contributed by atoms with van der Waals surface area (Å²) >= 11 is 0. The van der Waals surface area contributed by atoms with Gasteiger partial charge in [-0.05, 0) is 87.5 Å². The summed E-state index contributed by atoms with van der Waals surface area (Å²) in [6.07, 6.45) is 11.2. The number of nitrogens with zero attached hydrogens (tertiary/aromatic N) is 3. The lowest BCUT2D eigenvalue weighted by Gasteiger charge is -2.17. The van der Waals surface area contributed by atoms with Gasteiger partial charge in [0.15, 0.2) is 0 Å². The summed E-state index contributed by atoms with van der Waals surface area (Å²) in [5, 5.41) is 24.5. The molecule has 6 rings (SSSR count). The second-order valence-electron chi connectivity index (χ2n) is 13.2. The normalized spacial score (nSPS) is 24.4. The number of unbranched alkanes of at least 4 members (excludes halogenated alkanes) is 2. The van der Waals surface area contributed by atoms with Gasteiger partial charge in [-0.25, -0.2) is 15.0 Å². The van der Waals surface area contributed by atoms with Crippen LogP contribution in [0.3, 0.4) is 0 Å². The molecule has 0 radical (unpaired) electrons. The molecule has 3 atom stereocenters. The molecule has 1 unspecified atom stereocenters. The van der Waals surface area contributed by atoms with E-state index in [9.17, 15) is 15.0 Å². The van der Waals surface area contributed by atoms with Crippen LogP contribution in [0.5, 0.6) is 0 Å². The molecule has 1 fully saturated rings. The number of carboxylic acid groups (broad SMARTS) is 1. The van der Waals surface area contributed by atoms with Crippen molar-refractivity contribution >= 4 is 23.1 Å². The van der Waals surface area contributed by atoms with E-state index < -0.39 is 5.97 Å². The average molecular weight is 623 g/mol. The molecule has 0 saturated carbocycles. The number of allylic oxidation sites excluding steroid dienone is 11. The number of hydrogen-bond acceptors (Lipinski definition) is 7. The standard InChI is InChI=1S/C38H46N4O4/c1-8-10-11-14-46-23(7)35-21(5)29-16-28-20(4)25(12-13-34(44)45)37(41-28)26-15-33(43)36-22(6)30(42-38(26)36)17-31-24(9-2)19(3)27(39-31)18-32(35)40-29/h16-18,20,23,25,41,43H,8-15H2,1-7H3,(H,44,45)/t20-,23?,25-/m0/s1. The Morgan fingerprint density at radius 3 is 2.48 bits per heavy atom. The van der Waals surface area contributed by atoms with Gasteiger partial charge in [-0.15, -0.1) is 0 Å². The summed E-state index contributed by atoms with van der Waals surface area (Å²) in [5.74, 6) is -0.554. The van der Waals surface area contributed by atoms with Crippen molar-refractivity contribution < 1.29 is 19.7 Å². The first-order valence-corrected chi connectivity index (χ1v) is 16.8. The van der Waals surface area contributed by atoms with E-state index in [1.54, 1.807) is 0 Å². The number of aliphatic imine (C=N–C) groups is 3. The molecule has 46 heavy (non-hydrogen) atoms. The van der Waals surface area contributed by atoms with Gasteiger partial charge >= 0.3 is 5.97 Å². The summed E-state index contributed by atoms with van der Waals surface area (Å²) in [6, 6.07) is 0. The van der Waals surface area contributed by atoms with Crippen LogP contribution in [0, 0.1) is 11.8 Å². The van der Waals surface area contributed by atoms with Gasteiger partial charge in [0.05, 0.1) is 40.3 Å². The van der Waals surface area contributed by atoms with E-state index in [1.807, 2.05) is 13.0 Å². The van der Waals surface area contributed by atoms with Crippen molar-refractivity contribution in [2.24, 2.45) is 26.8 Å². The average Bonchev–Trinajstić information content (AvgIpc) is 3.76. The first-order valence-electron chi connectivity index (χ1n) is 16.8. The van der Waals surface area contributed by atoms with Crippen molar-refractivity contribution in [3.05, 3.63) is 91.5 Å².